The van der Waals surface area contributed by atoms with Gasteiger partial charge in [0.05, 0.1) is 35.9 Å². The summed E-state index contributed by atoms with van der Waals surface area (Å²) in [6, 6.07) is 3.84. The van der Waals surface area contributed by atoms with Crippen molar-refractivity contribution in [2.75, 3.05) is 6.61 Å². The number of carbonyl (C=O) groups excluding carboxylic acids is 1. The second-order valence-electron chi connectivity index (χ2n) is 6.29. The molecule has 7 heteroatoms. The summed E-state index contributed by atoms with van der Waals surface area (Å²) in [6.07, 6.45) is 1.60. The molecule has 1 aliphatic heterocycles. The van der Waals surface area contributed by atoms with Crippen molar-refractivity contribution in [3.05, 3.63) is 49.3 Å². The third-order valence-electron chi connectivity index (χ3n) is 3.79. The van der Waals surface area contributed by atoms with E-state index in [-0.39, 0.29) is 18.0 Å². The summed E-state index contributed by atoms with van der Waals surface area (Å²) in [7, 11) is 0. The van der Waals surface area contributed by atoms with Crippen LogP contribution in [-0.4, -0.2) is 22.5 Å². The number of hydrogen-bond acceptors (Lipinski definition) is 5. The van der Waals surface area contributed by atoms with Crippen LogP contribution in [0.4, 0.5) is 0 Å². The number of amides is 1. The van der Waals surface area contributed by atoms with E-state index in [0.29, 0.717) is 41.8 Å². The van der Waals surface area contributed by atoms with Crippen LogP contribution in [0, 0.1) is 5.92 Å². The topological polar surface area (TPSA) is 84.1 Å². The number of hydrogen-bond donors (Lipinski definition) is 2. The van der Waals surface area contributed by atoms with Crippen LogP contribution in [0.2, 0.25) is 0 Å². The Morgan fingerprint density at radius 2 is 2.29 bits per heavy atom. The first-order chi connectivity index (χ1) is 11.5. The number of H-pyrrole nitrogens is 1. The maximum absolute atomic E-state index is 12.3. The Bertz CT molecular complexity index is 795. The molecule has 2 aromatic heterocycles. The van der Waals surface area contributed by atoms with Crippen LogP contribution in [-0.2, 0) is 30.7 Å². The molecule has 1 amide bonds. The summed E-state index contributed by atoms with van der Waals surface area (Å²) in [4.78, 5) is 33.3. The van der Waals surface area contributed by atoms with Crippen LogP contribution in [0.5, 0.6) is 0 Å². The Kier molecular flexibility index (Phi) is 5.11. The molecular formula is C17H21N3O3S. The molecule has 2 aromatic rings. The number of ether oxygens (including phenoxy) is 1. The fourth-order valence-corrected chi connectivity index (χ4v) is 3.78. The highest BCUT2D eigenvalue weighted by Crippen LogP contribution is 2.19. The summed E-state index contributed by atoms with van der Waals surface area (Å²) in [5.74, 6) is 0.903. The van der Waals surface area contributed by atoms with Crippen molar-refractivity contribution in [2.45, 2.75) is 39.8 Å². The average molecular weight is 347 g/mol. The molecule has 128 valence electrons. The maximum atomic E-state index is 12.3. The summed E-state index contributed by atoms with van der Waals surface area (Å²) < 4.78 is 5.27. The number of rotatable bonds is 5. The fourth-order valence-electron chi connectivity index (χ4n) is 2.64. The van der Waals surface area contributed by atoms with Crippen molar-refractivity contribution in [1.29, 1.82) is 0 Å². The average Bonchev–Trinajstić information content (AvgIpc) is 3.00. The second-order valence-corrected chi connectivity index (χ2v) is 7.46. The lowest BCUT2D eigenvalue weighted by atomic mass is 10.1. The van der Waals surface area contributed by atoms with Gasteiger partial charge in [-0.1, -0.05) is 13.8 Å². The number of nitrogens with one attached hydrogen (secondary N) is 2. The molecule has 3 heterocycles. The molecule has 0 radical (unpaired) electrons. The van der Waals surface area contributed by atoms with Crippen molar-refractivity contribution in [3.63, 3.8) is 0 Å². The normalized spacial score (nSPS) is 13.8. The minimum atomic E-state index is -0.181. The number of aromatic amines is 1. The summed E-state index contributed by atoms with van der Waals surface area (Å²) >= 11 is 1.51. The Balaban J connectivity index is 1.65. The fraction of sp³-hybridized carbons (Fsp3) is 0.471. The molecule has 24 heavy (non-hydrogen) atoms. The largest absolute Gasteiger partial charge is 0.376 e. The lowest BCUT2D eigenvalue weighted by molar-refractivity contribution is 0.0952. The molecule has 0 saturated heterocycles. The number of nitrogens with zero attached hydrogens (tertiary/aromatic N) is 1. The highest BCUT2D eigenvalue weighted by atomic mass is 32.1. The Hall–Kier alpha value is -1.99. The molecule has 0 aliphatic carbocycles. The van der Waals surface area contributed by atoms with Crippen molar-refractivity contribution >= 4 is 17.2 Å². The summed E-state index contributed by atoms with van der Waals surface area (Å²) in [5, 5.41) is 2.82. The van der Waals surface area contributed by atoms with Gasteiger partial charge < -0.3 is 15.0 Å². The van der Waals surface area contributed by atoms with Gasteiger partial charge in [0.1, 0.15) is 5.82 Å². The van der Waals surface area contributed by atoms with Gasteiger partial charge in [-0.05, 0) is 24.5 Å². The minimum absolute atomic E-state index is 0.140. The Morgan fingerprint density at radius 3 is 3.08 bits per heavy atom. The number of carbonyl (C=O) groups is 1. The highest BCUT2D eigenvalue weighted by molar-refractivity contribution is 7.14. The second kappa shape index (κ2) is 7.27. The molecule has 0 spiro atoms. The lowest BCUT2D eigenvalue weighted by Crippen LogP contribution is -2.29. The predicted molar refractivity (Wildman–Crippen MR) is 92.2 cm³/mol. The third-order valence-corrected chi connectivity index (χ3v) is 4.90. The van der Waals surface area contributed by atoms with E-state index in [4.69, 9.17) is 4.74 Å². The lowest BCUT2D eigenvalue weighted by Gasteiger charge is -2.15. The SMILES string of the molecule is CC(C)Cc1ccc(C(=O)NCc2nc3c(c(=O)[nH]2)COCC3)s1. The van der Waals surface area contributed by atoms with Crippen molar-refractivity contribution < 1.29 is 9.53 Å². The molecule has 0 bridgehead atoms. The number of thiophene rings is 1. The summed E-state index contributed by atoms with van der Waals surface area (Å²) in [6.45, 7) is 5.39. The van der Waals surface area contributed by atoms with Crippen LogP contribution in [0.15, 0.2) is 16.9 Å². The van der Waals surface area contributed by atoms with Gasteiger partial charge in [-0.3, -0.25) is 9.59 Å². The van der Waals surface area contributed by atoms with Gasteiger partial charge in [0.25, 0.3) is 11.5 Å². The zero-order valence-electron chi connectivity index (χ0n) is 13.8. The van der Waals surface area contributed by atoms with Crippen LogP contribution >= 0.6 is 11.3 Å². The van der Waals surface area contributed by atoms with E-state index in [1.54, 1.807) is 0 Å². The number of aromatic nitrogens is 2. The first-order valence-corrected chi connectivity index (χ1v) is 8.90. The van der Waals surface area contributed by atoms with Crippen LogP contribution in [0.1, 0.15) is 45.5 Å². The molecule has 0 atom stereocenters. The molecule has 0 unspecified atom stereocenters. The maximum Gasteiger partial charge on any atom is 0.261 e. The molecule has 3 rings (SSSR count). The molecule has 6 nitrogen and oxygen atoms in total. The molecule has 0 saturated carbocycles. The van der Waals surface area contributed by atoms with E-state index in [1.165, 1.54) is 16.2 Å². The van der Waals surface area contributed by atoms with Gasteiger partial charge in [-0.25, -0.2) is 4.98 Å². The van der Waals surface area contributed by atoms with Crippen molar-refractivity contribution in [3.8, 4) is 0 Å². The molecule has 0 aromatic carbocycles. The molecule has 0 fully saturated rings. The van der Waals surface area contributed by atoms with Gasteiger partial charge in [-0.15, -0.1) is 11.3 Å². The Labute approximate surface area is 144 Å². The zero-order chi connectivity index (χ0) is 17.1. The Morgan fingerprint density at radius 1 is 1.46 bits per heavy atom. The van der Waals surface area contributed by atoms with E-state index in [9.17, 15) is 9.59 Å². The highest BCUT2D eigenvalue weighted by Gasteiger charge is 2.16. The molecule has 1 aliphatic rings. The van der Waals surface area contributed by atoms with Gasteiger partial charge in [0.2, 0.25) is 0 Å². The first-order valence-electron chi connectivity index (χ1n) is 8.08. The van der Waals surface area contributed by atoms with E-state index in [1.807, 2.05) is 12.1 Å². The smallest absolute Gasteiger partial charge is 0.261 e. The van der Waals surface area contributed by atoms with Crippen molar-refractivity contribution in [2.24, 2.45) is 5.92 Å². The molecular weight excluding hydrogens is 326 g/mol. The van der Waals surface area contributed by atoms with E-state index < -0.39 is 0 Å². The minimum Gasteiger partial charge on any atom is -0.376 e. The van der Waals surface area contributed by atoms with E-state index in [0.717, 1.165) is 12.1 Å². The summed E-state index contributed by atoms with van der Waals surface area (Å²) in [5.41, 5.74) is 1.18. The predicted octanol–water partition coefficient (Wildman–Crippen LogP) is 2.03. The van der Waals surface area contributed by atoms with Gasteiger partial charge in [0, 0.05) is 11.3 Å². The third kappa shape index (κ3) is 3.91. The van der Waals surface area contributed by atoms with Crippen LogP contribution in [0.3, 0.4) is 0 Å². The van der Waals surface area contributed by atoms with E-state index in [2.05, 4.69) is 29.1 Å². The van der Waals surface area contributed by atoms with Gasteiger partial charge >= 0.3 is 0 Å². The van der Waals surface area contributed by atoms with Gasteiger partial charge in [-0.2, -0.15) is 0 Å². The monoisotopic (exact) mass is 347 g/mol. The zero-order valence-corrected chi connectivity index (χ0v) is 14.7. The van der Waals surface area contributed by atoms with Crippen LogP contribution < -0.4 is 10.9 Å². The quantitative estimate of drug-likeness (QED) is 0.867. The standard InChI is InChI=1S/C17H21N3O3S/c1-10(2)7-11-3-4-14(24-11)17(22)18-8-15-19-13-5-6-23-9-12(13)16(21)20-15/h3-4,10H,5-9H2,1-2H3,(H,18,22)(H,19,20,21). The van der Waals surface area contributed by atoms with E-state index >= 15 is 0 Å². The first kappa shape index (κ1) is 16.9. The molecule has 2 N–H and O–H groups in total. The van der Waals surface area contributed by atoms with Gasteiger partial charge in [0.15, 0.2) is 0 Å². The van der Waals surface area contributed by atoms with Crippen LogP contribution in [0.25, 0.3) is 0 Å². The number of fused-ring (bicyclic) bond motifs is 1. The van der Waals surface area contributed by atoms with Crippen molar-refractivity contribution in [1.82, 2.24) is 15.3 Å².